The molecule has 192 valence electrons. The first-order valence-corrected chi connectivity index (χ1v) is 15.8. The molecule has 0 amide bonds. The number of rotatable bonds is 9. The van der Waals surface area contributed by atoms with Crippen LogP contribution >= 0.6 is 0 Å². The standard InChI is InChI=1S/C31H36F4Si/c1-2-3-4-19-36-20-17-25(18-21-36)27-13-16-29(30(32)22-27)26-11-7-23(8-12-26)5-6-24-9-14-28(15-10-24)31(33,34)35/h7-16,22,25,36H,2-6,17-21H2,1H3/t25-,36-. The molecule has 5 heteroatoms. The third kappa shape index (κ3) is 7.09. The SMILES string of the molecule is CCCCC[Si@H]1CC[C@H](c2ccc(-c3ccc(CCc4ccc(C(F)(F)F)cc4)cc3)c(F)c2)CC1. The summed E-state index contributed by atoms with van der Waals surface area (Å²) in [6, 6.07) is 23.2. The zero-order valence-electron chi connectivity index (χ0n) is 21.1. The highest BCUT2D eigenvalue weighted by atomic mass is 28.3. The maximum absolute atomic E-state index is 15.1. The fourth-order valence-electron chi connectivity index (χ4n) is 5.49. The molecule has 3 aromatic rings. The first-order chi connectivity index (χ1) is 17.3. The van der Waals surface area contributed by atoms with Crippen molar-refractivity contribution in [1.82, 2.24) is 0 Å². The van der Waals surface area contributed by atoms with Gasteiger partial charge in [-0.2, -0.15) is 13.2 Å². The van der Waals surface area contributed by atoms with Crippen LogP contribution in [0.1, 0.15) is 67.2 Å². The molecular weight excluding hydrogens is 476 g/mol. The number of hydrogen-bond acceptors (Lipinski definition) is 0. The third-order valence-corrected chi connectivity index (χ3v) is 11.3. The third-order valence-electron chi connectivity index (χ3n) is 7.78. The summed E-state index contributed by atoms with van der Waals surface area (Å²) in [6.45, 7) is 2.26. The molecule has 1 fully saturated rings. The molecule has 36 heavy (non-hydrogen) atoms. The van der Waals surface area contributed by atoms with Crippen LogP contribution in [0.5, 0.6) is 0 Å². The van der Waals surface area contributed by atoms with Gasteiger partial charge < -0.3 is 0 Å². The van der Waals surface area contributed by atoms with Crippen molar-refractivity contribution < 1.29 is 17.6 Å². The zero-order chi connectivity index (χ0) is 25.5. The maximum atomic E-state index is 15.1. The molecule has 1 saturated heterocycles. The van der Waals surface area contributed by atoms with E-state index in [0.29, 0.717) is 17.9 Å². The van der Waals surface area contributed by atoms with Crippen molar-refractivity contribution in [3.05, 3.63) is 94.8 Å². The molecule has 0 unspecified atom stereocenters. The molecule has 0 atom stereocenters. The van der Waals surface area contributed by atoms with Gasteiger partial charge in [0.1, 0.15) is 5.82 Å². The topological polar surface area (TPSA) is 0 Å². The smallest absolute Gasteiger partial charge is 0.206 e. The van der Waals surface area contributed by atoms with Crippen molar-refractivity contribution in [3.8, 4) is 11.1 Å². The van der Waals surface area contributed by atoms with Crippen molar-refractivity contribution in [1.29, 1.82) is 0 Å². The van der Waals surface area contributed by atoms with Crippen LogP contribution in [0.25, 0.3) is 11.1 Å². The summed E-state index contributed by atoms with van der Waals surface area (Å²) in [5.74, 6) is 0.336. The highest BCUT2D eigenvalue weighted by Crippen LogP contribution is 2.37. The van der Waals surface area contributed by atoms with E-state index in [1.54, 1.807) is 6.07 Å². The van der Waals surface area contributed by atoms with Gasteiger partial charge >= 0.3 is 6.18 Å². The van der Waals surface area contributed by atoms with Gasteiger partial charge in [0, 0.05) is 14.4 Å². The van der Waals surface area contributed by atoms with Crippen LogP contribution in [0.15, 0.2) is 66.7 Å². The highest BCUT2D eigenvalue weighted by Gasteiger charge is 2.30. The maximum Gasteiger partial charge on any atom is 0.416 e. The van der Waals surface area contributed by atoms with E-state index in [0.717, 1.165) is 40.8 Å². The average molecular weight is 513 g/mol. The summed E-state index contributed by atoms with van der Waals surface area (Å²) in [6.07, 6.45) is 3.55. The lowest BCUT2D eigenvalue weighted by Crippen LogP contribution is -2.20. The molecule has 0 saturated carbocycles. The molecule has 3 aromatic carbocycles. The molecule has 1 aliphatic heterocycles. The molecule has 0 bridgehead atoms. The molecule has 0 spiro atoms. The number of benzene rings is 3. The van der Waals surface area contributed by atoms with E-state index in [1.165, 1.54) is 62.4 Å². The second kappa shape index (κ2) is 12.2. The summed E-state index contributed by atoms with van der Waals surface area (Å²) in [4.78, 5) is 0. The summed E-state index contributed by atoms with van der Waals surface area (Å²) >= 11 is 0. The second-order valence-electron chi connectivity index (χ2n) is 10.3. The average Bonchev–Trinajstić information content (AvgIpc) is 2.88. The van der Waals surface area contributed by atoms with Crippen LogP contribution in [-0.4, -0.2) is 8.80 Å². The van der Waals surface area contributed by atoms with Gasteiger partial charge in [0.05, 0.1) is 5.56 Å². The minimum absolute atomic E-state index is 0.160. The number of hydrogen-bond donors (Lipinski definition) is 0. The Morgan fingerprint density at radius 2 is 1.42 bits per heavy atom. The Hall–Kier alpha value is -2.40. The van der Waals surface area contributed by atoms with Gasteiger partial charge in [-0.15, -0.1) is 0 Å². The van der Waals surface area contributed by atoms with Gasteiger partial charge in [0.15, 0.2) is 0 Å². The number of unbranched alkanes of at least 4 members (excludes halogenated alkanes) is 2. The molecule has 0 aromatic heterocycles. The van der Waals surface area contributed by atoms with Crippen LogP contribution < -0.4 is 0 Å². The van der Waals surface area contributed by atoms with E-state index in [-0.39, 0.29) is 5.82 Å². The number of halogens is 4. The van der Waals surface area contributed by atoms with Crippen molar-refractivity contribution >= 4 is 8.80 Å². The summed E-state index contributed by atoms with van der Waals surface area (Å²) in [5.41, 5.74) is 3.94. The molecule has 1 aliphatic rings. The predicted molar refractivity (Wildman–Crippen MR) is 144 cm³/mol. The van der Waals surface area contributed by atoms with E-state index >= 15 is 4.39 Å². The first-order valence-electron chi connectivity index (χ1n) is 13.4. The Kier molecular flexibility index (Phi) is 9.05. The Balaban J connectivity index is 1.32. The van der Waals surface area contributed by atoms with Gasteiger partial charge in [-0.1, -0.05) is 92.8 Å². The van der Waals surface area contributed by atoms with Crippen molar-refractivity contribution in [2.45, 2.75) is 82.1 Å². The predicted octanol–water partition coefficient (Wildman–Crippen LogP) is 9.59. The van der Waals surface area contributed by atoms with Crippen molar-refractivity contribution in [3.63, 3.8) is 0 Å². The van der Waals surface area contributed by atoms with Crippen molar-refractivity contribution in [2.24, 2.45) is 0 Å². The Bertz CT molecular complexity index is 1090. The largest absolute Gasteiger partial charge is 0.416 e. The molecular formula is C31H36F4Si. The summed E-state index contributed by atoms with van der Waals surface area (Å²) in [5, 5.41) is 0. The molecule has 1 heterocycles. The van der Waals surface area contributed by atoms with E-state index in [4.69, 9.17) is 0 Å². The van der Waals surface area contributed by atoms with Crippen LogP contribution in [0.4, 0.5) is 17.6 Å². The molecule has 0 N–H and O–H groups in total. The van der Waals surface area contributed by atoms with Crippen LogP contribution in [0.2, 0.25) is 18.1 Å². The fraction of sp³-hybridized carbons (Fsp3) is 0.419. The van der Waals surface area contributed by atoms with Gasteiger partial charge in [-0.25, -0.2) is 4.39 Å². The number of aryl methyl sites for hydroxylation is 2. The first kappa shape index (κ1) is 26.7. The van der Waals surface area contributed by atoms with Gasteiger partial charge in [0.2, 0.25) is 0 Å². The van der Waals surface area contributed by atoms with E-state index in [9.17, 15) is 13.2 Å². The molecule has 0 aliphatic carbocycles. The monoisotopic (exact) mass is 512 g/mol. The lowest BCUT2D eigenvalue weighted by Gasteiger charge is -2.28. The molecule has 4 rings (SSSR count). The fourth-order valence-corrected chi connectivity index (χ4v) is 8.97. The van der Waals surface area contributed by atoms with Crippen LogP contribution in [0.3, 0.4) is 0 Å². The van der Waals surface area contributed by atoms with Crippen molar-refractivity contribution in [2.75, 3.05) is 0 Å². The van der Waals surface area contributed by atoms with E-state index in [2.05, 4.69) is 13.0 Å². The van der Waals surface area contributed by atoms with Crippen LogP contribution in [-0.2, 0) is 19.0 Å². The molecule has 0 nitrogen and oxygen atoms in total. The summed E-state index contributed by atoms with van der Waals surface area (Å²) < 4.78 is 53.3. The van der Waals surface area contributed by atoms with E-state index in [1.807, 2.05) is 30.3 Å². The minimum atomic E-state index is -4.31. The lowest BCUT2D eigenvalue weighted by molar-refractivity contribution is -0.137. The lowest BCUT2D eigenvalue weighted by atomic mass is 9.91. The van der Waals surface area contributed by atoms with Crippen LogP contribution in [0, 0.1) is 5.82 Å². The minimum Gasteiger partial charge on any atom is -0.206 e. The Morgan fingerprint density at radius 3 is 1.97 bits per heavy atom. The molecule has 0 radical (unpaired) electrons. The summed E-state index contributed by atoms with van der Waals surface area (Å²) in [7, 11) is -0.571. The quantitative estimate of drug-likeness (QED) is 0.152. The Morgan fingerprint density at radius 1 is 0.806 bits per heavy atom. The zero-order valence-corrected chi connectivity index (χ0v) is 22.2. The van der Waals surface area contributed by atoms with Gasteiger partial charge in [-0.3, -0.25) is 0 Å². The normalized spacial score (nSPS) is 18.4. The van der Waals surface area contributed by atoms with Gasteiger partial charge in [0.25, 0.3) is 0 Å². The van der Waals surface area contributed by atoms with E-state index < -0.39 is 20.5 Å². The Labute approximate surface area is 214 Å². The highest BCUT2D eigenvalue weighted by molar-refractivity contribution is 6.59. The van der Waals surface area contributed by atoms with Gasteiger partial charge in [-0.05, 0) is 72.1 Å². The second-order valence-corrected chi connectivity index (χ2v) is 13.8. The number of alkyl halides is 3.